The number of para-hydroxylation sites is 2. The molecule has 5 heterocycles. The Hall–Kier alpha value is -2.89. The lowest BCUT2D eigenvalue weighted by Gasteiger charge is -2.40. The first kappa shape index (κ1) is 25.4. The molecule has 9 nitrogen and oxygen atoms in total. The third kappa shape index (κ3) is 5.45. The molecule has 1 atom stereocenters. The zero-order valence-corrected chi connectivity index (χ0v) is 21.6. The number of hydrogen-bond acceptors (Lipinski definition) is 8. The molecule has 0 bridgehead atoms. The van der Waals surface area contributed by atoms with Crippen LogP contribution in [0.1, 0.15) is 37.9 Å². The number of nitrogens with zero attached hydrogens (tertiary/aromatic N) is 6. The third-order valence-electron chi connectivity index (χ3n) is 7.85. The second-order valence-electron chi connectivity index (χ2n) is 10.3. The summed E-state index contributed by atoms with van der Waals surface area (Å²) in [7, 11) is 0. The molecule has 11 heteroatoms. The summed E-state index contributed by atoms with van der Waals surface area (Å²) in [6.07, 6.45) is 1.77. The quantitative estimate of drug-likeness (QED) is 0.496. The Morgan fingerprint density at radius 1 is 0.921 bits per heavy atom. The summed E-state index contributed by atoms with van der Waals surface area (Å²) in [5.41, 5.74) is 1.11. The lowest BCUT2D eigenvalue weighted by molar-refractivity contribution is 0.0190. The van der Waals surface area contributed by atoms with Gasteiger partial charge in [-0.15, -0.1) is 0 Å². The molecule has 3 aliphatic rings. The lowest BCUT2D eigenvalue weighted by atomic mass is 9.95. The molecule has 0 spiro atoms. The van der Waals surface area contributed by atoms with Crippen LogP contribution in [-0.2, 0) is 9.47 Å². The number of anilines is 2. The smallest absolute Gasteiger partial charge is 0.296 e. The van der Waals surface area contributed by atoms with E-state index >= 15 is 0 Å². The van der Waals surface area contributed by atoms with Crippen molar-refractivity contribution in [3.63, 3.8) is 0 Å². The highest BCUT2D eigenvalue weighted by molar-refractivity contribution is 5.78. The van der Waals surface area contributed by atoms with Crippen molar-refractivity contribution in [3.05, 3.63) is 36.2 Å². The van der Waals surface area contributed by atoms with E-state index in [2.05, 4.69) is 20.1 Å². The van der Waals surface area contributed by atoms with Crippen LogP contribution in [0.3, 0.4) is 0 Å². The Kier molecular flexibility index (Phi) is 7.66. The van der Waals surface area contributed by atoms with Crippen LogP contribution in [0, 0.1) is 5.92 Å². The maximum atomic E-state index is 14.1. The number of rotatable bonds is 7. The van der Waals surface area contributed by atoms with Gasteiger partial charge in [0.15, 0.2) is 5.82 Å². The van der Waals surface area contributed by atoms with Gasteiger partial charge < -0.3 is 19.7 Å². The van der Waals surface area contributed by atoms with Gasteiger partial charge in [-0.25, -0.2) is 13.8 Å². The van der Waals surface area contributed by atoms with Crippen molar-refractivity contribution in [1.82, 2.24) is 24.4 Å². The Morgan fingerprint density at radius 3 is 2.50 bits per heavy atom. The molecule has 0 saturated carbocycles. The molecule has 1 N–H and O–H groups in total. The Morgan fingerprint density at radius 2 is 1.68 bits per heavy atom. The van der Waals surface area contributed by atoms with Crippen LogP contribution in [0.2, 0.25) is 0 Å². The van der Waals surface area contributed by atoms with E-state index in [0.717, 1.165) is 52.1 Å². The number of aromatic nitrogens is 4. The highest BCUT2D eigenvalue weighted by Gasteiger charge is 2.28. The minimum Gasteiger partial charge on any atom is -0.381 e. The third-order valence-corrected chi connectivity index (χ3v) is 7.85. The predicted octanol–water partition coefficient (Wildman–Crippen LogP) is 3.89. The molecule has 38 heavy (non-hydrogen) atoms. The van der Waals surface area contributed by atoms with Crippen LogP contribution in [0.5, 0.6) is 0 Å². The first-order valence-corrected chi connectivity index (χ1v) is 13.7. The number of alkyl halides is 2. The van der Waals surface area contributed by atoms with Crippen LogP contribution < -0.4 is 10.2 Å². The SMILES string of the molecule is FC(F)c1nc2ccccc2n1-c1cc(N2CCOCC2)nc(NC[C@@H]2CCCN(C3CCOCC3)C2)n1. The van der Waals surface area contributed by atoms with Gasteiger partial charge in [-0.1, -0.05) is 12.1 Å². The maximum Gasteiger partial charge on any atom is 0.296 e. The Labute approximate surface area is 221 Å². The zero-order chi connectivity index (χ0) is 25.9. The van der Waals surface area contributed by atoms with Gasteiger partial charge in [-0.3, -0.25) is 9.47 Å². The number of imidazole rings is 1. The molecule has 3 aliphatic heterocycles. The summed E-state index contributed by atoms with van der Waals surface area (Å²) in [5, 5.41) is 3.46. The van der Waals surface area contributed by atoms with Crippen molar-refractivity contribution >= 4 is 22.8 Å². The van der Waals surface area contributed by atoms with Gasteiger partial charge in [0, 0.05) is 51.5 Å². The summed E-state index contributed by atoms with van der Waals surface area (Å²) in [6, 6.07) is 9.55. The van der Waals surface area contributed by atoms with E-state index in [-0.39, 0.29) is 5.82 Å². The summed E-state index contributed by atoms with van der Waals surface area (Å²) < 4.78 is 40.8. The number of morpholine rings is 1. The van der Waals surface area contributed by atoms with Crippen molar-refractivity contribution in [2.75, 3.05) is 69.4 Å². The number of likely N-dealkylation sites (tertiary alicyclic amines) is 1. The number of ether oxygens (including phenoxy) is 2. The summed E-state index contributed by atoms with van der Waals surface area (Å²) in [5.74, 6) is 1.69. The molecule has 6 rings (SSSR count). The van der Waals surface area contributed by atoms with Gasteiger partial charge in [0.1, 0.15) is 11.6 Å². The number of fused-ring (bicyclic) bond motifs is 1. The molecule has 3 aromatic rings. The average Bonchev–Trinajstić information content (AvgIpc) is 3.37. The minimum absolute atomic E-state index is 0.317. The number of benzene rings is 1. The molecule has 0 radical (unpaired) electrons. The van der Waals surface area contributed by atoms with Crippen molar-refractivity contribution in [1.29, 1.82) is 0 Å². The van der Waals surface area contributed by atoms with Crippen molar-refractivity contribution in [3.8, 4) is 5.82 Å². The van der Waals surface area contributed by atoms with Crippen LogP contribution >= 0.6 is 0 Å². The van der Waals surface area contributed by atoms with Gasteiger partial charge in [0.05, 0.1) is 24.2 Å². The van der Waals surface area contributed by atoms with Gasteiger partial charge in [-0.2, -0.15) is 9.97 Å². The van der Waals surface area contributed by atoms with E-state index in [0.29, 0.717) is 66.9 Å². The number of nitrogens with one attached hydrogen (secondary N) is 1. The standard InChI is InChI=1S/C27H35F2N7O2/c28-25(29)26-31-21-5-1-2-6-22(21)36(26)24-16-23(34-10-14-38-15-11-34)32-27(33-24)30-17-19-4-3-9-35(18-19)20-7-12-37-13-8-20/h1-2,5-6,16,19-20,25H,3-4,7-15,17-18H2,(H,30,32,33)/t19-/m0/s1. The molecule has 3 fully saturated rings. The predicted molar refractivity (Wildman–Crippen MR) is 141 cm³/mol. The van der Waals surface area contributed by atoms with E-state index in [9.17, 15) is 8.78 Å². The van der Waals surface area contributed by atoms with Gasteiger partial charge in [-0.05, 0) is 50.3 Å². The van der Waals surface area contributed by atoms with E-state index in [4.69, 9.17) is 19.4 Å². The number of halogens is 2. The molecular weight excluding hydrogens is 492 g/mol. The molecule has 3 saturated heterocycles. The molecule has 0 amide bonds. The monoisotopic (exact) mass is 527 g/mol. The van der Waals surface area contributed by atoms with Crippen LogP contribution in [-0.4, -0.2) is 89.6 Å². The van der Waals surface area contributed by atoms with Crippen LogP contribution in [0.4, 0.5) is 20.5 Å². The molecular formula is C27H35F2N7O2. The highest BCUT2D eigenvalue weighted by Crippen LogP contribution is 2.30. The molecule has 2 aromatic heterocycles. The second kappa shape index (κ2) is 11.5. The molecule has 1 aromatic carbocycles. The summed E-state index contributed by atoms with van der Waals surface area (Å²) >= 11 is 0. The van der Waals surface area contributed by atoms with E-state index in [1.54, 1.807) is 24.3 Å². The zero-order valence-electron chi connectivity index (χ0n) is 21.6. The van der Waals surface area contributed by atoms with Crippen molar-refractivity contribution in [2.45, 2.75) is 38.2 Å². The summed E-state index contributed by atoms with van der Waals surface area (Å²) in [4.78, 5) is 18.5. The number of hydrogen-bond donors (Lipinski definition) is 1. The van der Waals surface area contributed by atoms with Crippen molar-refractivity contribution in [2.24, 2.45) is 5.92 Å². The molecule has 204 valence electrons. The first-order valence-electron chi connectivity index (χ1n) is 13.7. The maximum absolute atomic E-state index is 14.1. The van der Waals surface area contributed by atoms with E-state index in [1.807, 2.05) is 6.07 Å². The fraction of sp³-hybridized carbons (Fsp3) is 0.593. The topological polar surface area (TPSA) is 80.6 Å². The highest BCUT2D eigenvalue weighted by atomic mass is 19.3. The normalized spacial score (nSPS) is 21.9. The lowest BCUT2D eigenvalue weighted by Crippen LogP contribution is -2.46. The van der Waals surface area contributed by atoms with Gasteiger partial charge in [0.2, 0.25) is 5.95 Å². The Balaban J connectivity index is 1.28. The first-order chi connectivity index (χ1) is 18.7. The minimum atomic E-state index is -2.74. The Bertz CT molecular complexity index is 1230. The van der Waals surface area contributed by atoms with E-state index < -0.39 is 6.43 Å². The largest absolute Gasteiger partial charge is 0.381 e. The van der Waals surface area contributed by atoms with Crippen molar-refractivity contribution < 1.29 is 18.3 Å². The van der Waals surface area contributed by atoms with Crippen LogP contribution in [0.25, 0.3) is 16.9 Å². The molecule has 0 aliphatic carbocycles. The van der Waals surface area contributed by atoms with E-state index in [1.165, 1.54) is 11.0 Å². The van der Waals surface area contributed by atoms with Gasteiger partial charge >= 0.3 is 0 Å². The van der Waals surface area contributed by atoms with Crippen LogP contribution in [0.15, 0.2) is 30.3 Å². The fourth-order valence-electron chi connectivity index (χ4n) is 5.88. The average molecular weight is 528 g/mol. The van der Waals surface area contributed by atoms with Gasteiger partial charge in [0.25, 0.3) is 6.43 Å². The number of piperidine rings is 1. The fourth-order valence-corrected chi connectivity index (χ4v) is 5.88. The second-order valence-corrected chi connectivity index (χ2v) is 10.3. The summed E-state index contributed by atoms with van der Waals surface area (Å²) in [6.45, 7) is 7.17. The molecule has 0 unspecified atom stereocenters.